The van der Waals surface area contributed by atoms with Crippen LogP contribution >= 0.6 is 11.7 Å². The summed E-state index contributed by atoms with van der Waals surface area (Å²) in [5, 5.41) is 0. The molecule has 1 aliphatic heterocycles. The molecular formula is C22H38N3O3S+. The van der Waals surface area contributed by atoms with E-state index in [0.717, 1.165) is 37.2 Å². The van der Waals surface area contributed by atoms with Crippen molar-refractivity contribution in [2.45, 2.75) is 79.4 Å². The van der Waals surface area contributed by atoms with E-state index in [0.29, 0.717) is 17.0 Å². The Morgan fingerprint density at radius 3 is 2.55 bits per heavy atom. The average molecular weight is 425 g/mol. The van der Waals surface area contributed by atoms with Crippen molar-refractivity contribution in [1.82, 2.24) is 8.75 Å². The number of unbranched alkanes of at least 4 members (excludes halogenated alkanes) is 3. The minimum absolute atomic E-state index is 0.177. The van der Waals surface area contributed by atoms with Crippen LogP contribution in [0.1, 0.15) is 79.3 Å². The lowest BCUT2D eigenvalue weighted by atomic mass is 9.96. The van der Waals surface area contributed by atoms with Gasteiger partial charge in [0.1, 0.15) is 12.2 Å². The first-order valence-electron chi connectivity index (χ1n) is 10.7. The Hall–Kier alpha value is -1.47. The largest absolute Gasteiger partial charge is 0.475 e. The predicted molar refractivity (Wildman–Crippen MR) is 118 cm³/mol. The molecule has 7 heteroatoms. The van der Waals surface area contributed by atoms with E-state index >= 15 is 0 Å². The molecule has 2 rings (SSSR count). The van der Waals surface area contributed by atoms with Crippen molar-refractivity contribution in [2.75, 3.05) is 26.7 Å². The van der Waals surface area contributed by atoms with Gasteiger partial charge in [0.15, 0.2) is 0 Å². The van der Waals surface area contributed by atoms with E-state index < -0.39 is 11.1 Å². The van der Waals surface area contributed by atoms with Gasteiger partial charge in [-0.1, -0.05) is 32.3 Å². The molecule has 0 fully saturated rings. The second-order valence-electron chi connectivity index (χ2n) is 9.71. The summed E-state index contributed by atoms with van der Waals surface area (Å²) in [5.74, 6) is 0.458. The second-order valence-corrected chi connectivity index (χ2v) is 10.2. The van der Waals surface area contributed by atoms with Gasteiger partial charge in [-0.3, -0.25) is 9.28 Å². The van der Waals surface area contributed by atoms with Crippen molar-refractivity contribution in [1.29, 1.82) is 0 Å². The lowest BCUT2D eigenvalue weighted by Gasteiger charge is -2.48. The number of carbonyl (C=O) groups excluding carboxylic acids is 1. The second kappa shape index (κ2) is 9.56. The van der Waals surface area contributed by atoms with Crippen LogP contribution in [0.4, 0.5) is 0 Å². The molecule has 1 aliphatic rings. The normalized spacial score (nSPS) is 20.3. The minimum atomic E-state index is -0.644. The Kier molecular flexibility index (Phi) is 7.85. The van der Waals surface area contributed by atoms with Crippen LogP contribution in [0.2, 0.25) is 0 Å². The maximum Gasteiger partial charge on any atom is 0.315 e. The Morgan fingerprint density at radius 2 is 1.90 bits per heavy atom. The molecule has 1 aromatic rings. The molecule has 0 amide bonds. The number of aromatic nitrogens is 2. The summed E-state index contributed by atoms with van der Waals surface area (Å²) < 4.78 is 21.4. The molecule has 0 bridgehead atoms. The third-order valence-corrected chi connectivity index (χ3v) is 6.30. The van der Waals surface area contributed by atoms with Crippen molar-refractivity contribution in [3.63, 3.8) is 0 Å². The Balaban J connectivity index is 2.09. The van der Waals surface area contributed by atoms with Crippen LogP contribution < -0.4 is 4.74 Å². The molecule has 0 aliphatic carbocycles. The van der Waals surface area contributed by atoms with Crippen LogP contribution in [0.5, 0.6) is 5.88 Å². The van der Waals surface area contributed by atoms with Gasteiger partial charge in [-0.2, -0.15) is 4.37 Å². The third-order valence-electron chi connectivity index (χ3n) is 5.79. The van der Waals surface area contributed by atoms with Crippen molar-refractivity contribution < 1.29 is 18.8 Å². The molecule has 29 heavy (non-hydrogen) atoms. The highest BCUT2D eigenvalue weighted by Gasteiger charge is 2.47. The van der Waals surface area contributed by atoms with Crippen LogP contribution in [0, 0.1) is 5.41 Å². The monoisotopic (exact) mass is 424 g/mol. The number of hydrogen-bond acceptors (Lipinski definition) is 6. The van der Waals surface area contributed by atoms with Crippen LogP contribution in [0.15, 0.2) is 6.08 Å². The van der Waals surface area contributed by atoms with E-state index in [-0.39, 0.29) is 5.97 Å². The molecule has 0 saturated heterocycles. The van der Waals surface area contributed by atoms with Gasteiger partial charge in [-0.25, -0.2) is 0 Å². The van der Waals surface area contributed by atoms with Crippen LogP contribution in [0.3, 0.4) is 0 Å². The smallest absolute Gasteiger partial charge is 0.315 e. The van der Waals surface area contributed by atoms with E-state index in [1.54, 1.807) is 0 Å². The molecule has 1 aromatic heterocycles. The van der Waals surface area contributed by atoms with Crippen molar-refractivity contribution in [2.24, 2.45) is 5.41 Å². The summed E-state index contributed by atoms with van der Waals surface area (Å²) in [6.45, 7) is 14.2. The van der Waals surface area contributed by atoms with Crippen LogP contribution in [-0.4, -0.2) is 51.7 Å². The number of esters is 1. The maximum absolute atomic E-state index is 12.5. The lowest BCUT2D eigenvalue weighted by molar-refractivity contribution is -0.971. The highest BCUT2D eigenvalue weighted by atomic mass is 32.1. The lowest BCUT2D eigenvalue weighted by Crippen LogP contribution is -2.63. The fraction of sp³-hybridized carbons (Fsp3) is 0.773. The van der Waals surface area contributed by atoms with Crippen molar-refractivity contribution in [3.05, 3.63) is 11.8 Å². The number of hydrogen-bond donors (Lipinski definition) is 0. The van der Waals surface area contributed by atoms with Crippen molar-refractivity contribution in [3.8, 4) is 5.88 Å². The summed E-state index contributed by atoms with van der Waals surface area (Å²) in [6, 6.07) is 0. The van der Waals surface area contributed by atoms with Gasteiger partial charge in [0, 0.05) is 25.8 Å². The van der Waals surface area contributed by atoms with Crippen LogP contribution in [-0.2, 0) is 9.53 Å². The Labute approximate surface area is 180 Å². The first kappa shape index (κ1) is 23.8. The number of likely N-dealkylation sites (N-methyl/N-ethyl adjacent to an activating group) is 1. The number of quaternary nitrogens is 1. The SMILES string of the molecule is CCCCCCOc1nsnc1C1=CCC[N+](C)(C(C)(C)OC(=O)C(C)(C)C)C1. The quantitative estimate of drug-likeness (QED) is 0.315. The zero-order valence-corrected chi connectivity index (χ0v) is 20.0. The predicted octanol–water partition coefficient (Wildman–Crippen LogP) is 5.06. The topological polar surface area (TPSA) is 61.3 Å². The zero-order valence-electron chi connectivity index (χ0n) is 19.2. The average Bonchev–Trinajstić information content (AvgIpc) is 3.09. The first-order chi connectivity index (χ1) is 13.5. The van der Waals surface area contributed by atoms with Gasteiger partial charge in [-0.15, -0.1) is 4.37 Å². The molecule has 0 radical (unpaired) electrons. The molecule has 6 nitrogen and oxygen atoms in total. The van der Waals surface area contributed by atoms with E-state index in [4.69, 9.17) is 9.47 Å². The summed E-state index contributed by atoms with van der Waals surface area (Å²) in [7, 11) is 2.15. The molecule has 2 heterocycles. The first-order valence-corrected chi connectivity index (χ1v) is 11.5. The fourth-order valence-corrected chi connectivity index (χ4v) is 3.86. The molecule has 0 saturated carbocycles. The summed E-state index contributed by atoms with van der Waals surface area (Å²) in [6.07, 6.45) is 7.78. The molecule has 1 atom stereocenters. The number of rotatable bonds is 9. The number of carbonyl (C=O) groups is 1. The Morgan fingerprint density at radius 1 is 1.17 bits per heavy atom. The molecular weight excluding hydrogens is 386 g/mol. The zero-order chi connectivity index (χ0) is 21.7. The molecule has 1 unspecified atom stereocenters. The van der Waals surface area contributed by atoms with E-state index in [9.17, 15) is 4.79 Å². The summed E-state index contributed by atoms with van der Waals surface area (Å²) in [5.41, 5.74) is 0.792. The third kappa shape index (κ3) is 6.01. The Bertz CT molecular complexity index is 721. The summed E-state index contributed by atoms with van der Waals surface area (Å²) in [4.78, 5) is 12.5. The van der Waals surface area contributed by atoms with Crippen molar-refractivity contribution >= 4 is 23.3 Å². The van der Waals surface area contributed by atoms with Crippen LogP contribution in [0.25, 0.3) is 5.57 Å². The van der Waals surface area contributed by atoms with E-state index in [1.165, 1.54) is 31.0 Å². The number of nitrogens with zero attached hydrogens (tertiary/aromatic N) is 3. The van der Waals surface area contributed by atoms with Gasteiger partial charge in [0.2, 0.25) is 5.72 Å². The standard InChI is InChI=1S/C22H38N3O3S/c1-8-9-10-11-15-27-19-18(23-29-24-19)17-13-12-14-25(7,16-17)22(5,6)28-20(26)21(2,3)4/h13H,8-12,14-16H2,1-7H3/q+1. The van der Waals surface area contributed by atoms with Gasteiger partial charge in [0.25, 0.3) is 5.88 Å². The van der Waals surface area contributed by atoms with Gasteiger partial charge in [0.05, 0.1) is 37.3 Å². The highest BCUT2D eigenvalue weighted by molar-refractivity contribution is 6.99. The minimum Gasteiger partial charge on any atom is -0.475 e. The molecule has 0 N–H and O–H groups in total. The van der Waals surface area contributed by atoms with E-state index in [1.807, 2.05) is 34.6 Å². The van der Waals surface area contributed by atoms with Gasteiger partial charge >= 0.3 is 5.97 Å². The van der Waals surface area contributed by atoms with E-state index in [2.05, 4.69) is 28.8 Å². The number of ether oxygens (including phenoxy) is 2. The molecule has 164 valence electrons. The summed E-state index contributed by atoms with van der Waals surface area (Å²) >= 11 is 1.19. The molecule has 0 aromatic carbocycles. The maximum atomic E-state index is 12.5. The fourth-order valence-electron chi connectivity index (χ4n) is 3.33. The van der Waals surface area contributed by atoms with Gasteiger partial charge < -0.3 is 9.47 Å². The highest BCUT2D eigenvalue weighted by Crippen LogP contribution is 2.36. The molecule has 0 spiro atoms. The van der Waals surface area contributed by atoms with Gasteiger partial charge in [-0.05, 0) is 27.2 Å².